The molecule has 0 aliphatic carbocycles. The lowest BCUT2D eigenvalue weighted by Gasteiger charge is -2.31. The van der Waals surface area contributed by atoms with Gasteiger partial charge >= 0.3 is 8.80 Å². The summed E-state index contributed by atoms with van der Waals surface area (Å²) in [7, 11) is -2.53. The van der Waals surface area contributed by atoms with Crippen LogP contribution < -0.4 is 5.73 Å². The average Bonchev–Trinajstić information content (AvgIpc) is 2.42. The summed E-state index contributed by atoms with van der Waals surface area (Å²) in [5.41, 5.74) is 5.63. The Morgan fingerprint density at radius 3 is 2.10 bits per heavy atom. The summed E-state index contributed by atoms with van der Waals surface area (Å²) in [4.78, 5) is 0. The molecule has 1 unspecified atom stereocenters. The summed E-state index contributed by atoms with van der Waals surface area (Å²) in [6, 6.07) is 0.824. The second-order valence-electron chi connectivity index (χ2n) is 5.22. The molecule has 20 heavy (non-hydrogen) atoms. The summed E-state index contributed by atoms with van der Waals surface area (Å²) in [6.07, 6.45) is 7.25. The van der Waals surface area contributed by atoms with Crippen molar-refractivity contribution in [2.24, 2.45) is 5.73 Å². The molecule has 1 atom stereocenters. The highest BCUT2D eigenvalue weighted by Gasteiger charge is 2.41. The summed E-state index contributed by atoms with van der Waals surface area (Å²) in [6.45, 7) is 10.3. The van der Waals surface area contributed by atoms with E-state index < -0.39 is 8.80 Å². The van der Waals surface area contributed by atoms with Gasteiger partial charge in [-0.3, -0.25) is 0 Å². The first-order valence-corrected chi connectivity index (χ1v) is 10.2. The Balaban J connectivity index is 4.35. The molecule has 0 fully saturated rings. The van der Waals surface area contributed by atoms with Crippen LogP contribution in [-0.2, 0) is 13.3 Å². The van der Waals surface area contributed by atoms with Crippen LogP contribution in [-0.4, -0.2) is 34.7 Å². The standard InChI is InChI=1S/C15H35NO3Si/c1-5-8-9-10-12-15(4)19-20(17-6-2,18-7-3)14-11-13-16/h15H,5-14,16H2,1-4H3. The molecule has 0 heterocycles. The predicted octanol–water partition coefficient (Wildman–Crippen LogP) is 3.72. The lowest BCUT2D eigenvalue weighted by atomic mass is 10.1. The van der Waals surface area contributed by atoms with E-state index in [-0.39, 0.29) is 6.10 Å². The quantitative estimate of drug-likeness (QED) is 0.392. The molecular weight excluding hydrogens is 270 g/mol. The van der Waals surface area contributed by atoms with Crippen LogP contribution in [0, 0.1) is 0 Å². The molecule has 0 aromatic rings. The molecule has 0 aromatic carbocycles. The summed E-state index contributed by atoms with van der Waals surface area (Å²) >= 11 is 0. The monoisotopic (exact) mass is 305 g/mol. The van der Waals surface area contributed by atoms with Crippen molar-refractivity contribution < 1.29 is 13.3 Å². The first kappa shape index (κ1) is 20.1. The maximum absolute atomic E-state index is 6.24. The second-order valence-corrected chi connectivity index (χ2v) is 7.90. The molecule has 2 N–H and O–H groups in total. The summed E-state index contributed by atoms with van der Waals surface area (Å²) < 4.78 is 18.1. The van der Waals surface area contributed by atoms with Crippen molar-refractivity contribution >= 4 is 8.80 Å². The van der Waals surface area contributed by atoms with Crippen molar-refractivity contribution in [3.05, 3.63) is 0 Å². The van der Waals surface area contributed by atoms with Gasteiger partial charge < -0.3 is 19.0 Å². The Kier molecular flexibility index (Phi) is 12.8. The van der Waals surface area contributed by atoms with Gasteiger partial charge in [-0.25, -0.2) is 0 Å². The van der Waals surface area contributed by atoms with Gasteiger partial charge in [0.2, 0.25) is 0 Å². The third-order valence-electron chi connectivity index (χ3n) is 3.26. The van der Waals surface area contributed by atoms with Crippen LogP contribution in [0.2, 0.25) is 6.04 Å². The van der Waals surface area contributed by atoms with Crippen molar-refractivity contribution in [1.29, 1.82) is 0 Å². The summed E-state index contributed by atoms with van der Waals surface area (Å²) in [5.74, 6) is 0. The minimum atomic E-state index is -2.53. The van der Waals surface area contributed by atoms with Crippen molar-refractivity contribution in [3.8, 4) is 0 Å². The number of rotatable bonds is 14. The maximum Gasteiger partial charge on any atom is 0.501 e. The normalized spacial score (nSPS) is 13.7. The fourth-order valence-electron chi connectivity index (χ4n) is 2.30. The van der Waals surface area contributed by atoms with Crippen LogP contribution in [0.15, 0.2) is 0 Å². The zero-order chi connectivity index (χ0) is 15.3. The minimum absolute atomic E-state index is 0.203. The Morgan fingerprint density at radius 1 is 0.950 bits per heavy atom. The topological polar surface area (TPSA) is 53.7 Å². The zero-order valence-corrected chi connectivity index (χ0v) is 15.0. The van der Waals surface area contributed by atoms with Crippen molar-refractivity contribution in [3.63, 3.8) is 0 Å². The van der Waals surface area contributed by atoms with Crippen LogP contribution >= 0.6 is 0 Å². The van der Waals surface area contributed by atoms with Crippen LogP contribution in [0.3, 0.4) is 0 Å². The molecule has 0 radical (unpaired) electrons. The Hall–Kier alpha value is 0.0569. The van der Waals surface area contributed by atoms with E-state index in [0.29, 0.717) is 19.8 Å². The molecule has 122 valence electrons. The predicted molar refractivity (Wildman–Crippen MR) is 86.8 cm³/mol. The third-order valence-corrected chi connectivity index (χ3v) is 6.44. The first-order valence-electron chi connectivity index (χ1n) is 8.29. The zero-order valence-electron chi connectivity index (χ0n) is 14.0. The molecule has 0 saturated carbocycles. The van der Waals surface area contributed by atoms with E-state index in [4.69, 9.17) is 19.0 Å². The maximum atomic E-state index is 6.24. The molecule has 0 aliphatic heterocycles. The van der Waals surface area contributed by atoms with Gasteiger partial charge in [-0.05, 0) is 40.2 Å². The van der Waals surface area contributed by atoms with Gasteiger partial charge in [-0.15, -0.1) is 0 Å². The molecule has 5 heteroatoms. The average molecular weight is 306 g/mol. The van der Waals surface area contributed by atoms with Gasteiger partial charge in [-0.1, -0.05) is 32.6 Å². The summed E-state index contributed by atoms with van der Waals surface area (Å²) in [5, 5.41) is 0. The highest BCUT2D eigenvalue weighted by molar-refractivity contribution is 6.60. The Morgan fingerprint density at radius 2 is 1.60 bits per heavy atom. The van der Waals surface area contributed by atoms with Crippen LogP contribution in [0.5, 0.6) is 0 Å². The van der Waals surface area contributed by atoms with Crippen molar-refractivity contribution in [2.75, 3.05) is 19.8 Å². The van der Waals surface area contributed by atoms with E-state index in [1.54, 1.807) is 0 Å². The van der Waals surface area contributed by atoms with Gasteiger partial charge in [0.05, 0.1) is 0 Å². The molecule has 0 bridgehead atoms. The third kappa shape index (κ3) is 9.08. The van der Waals surface area contributed by atoms with E-state index in [9.17, 15) is 0 Å². The van der Waals surface area contributed by atoms with Gasteiger partial charge in [0.15, 0.2) is 0 Å². The van der Waals surface area contributed by atoms with E-state index in [1.165, 1.54) is 25.7 Å². The fraction of sp³-hybridized carbons (Fsp3) is 1.00. The smallest absolute Gasteiger partial charge is 0.374 e. The molecule has 4 nitrogen and oxygen atoms in total. The van der Waals surface area contributed by atoms with Crippen LogP contribution in [0.25, 0.3) is 0 Å². The highest BCUT2D eigenvalue weighted by Crippen LogP contribution is 2.22. The molecule has 0 saturated heterocycles. The van der Waals surface area contributed by atoms with Crippen LogP contribution in [0.1, 0.15) is 66.2 Å². The number of hydrogen-bond acceptors (Lipinski definition) is 4. The largest absolute Gasteiger partial charge is 0.501 e. The fourth-order valence-corrected chi connectivity index (χ4v) is 5.17. The second kappa shape index (κ2) is 12.8. The SMILES string of the molecule is CCCCCCC(C)O[Si](CCCN)(OCC)OCC. The lowest BCUT2D eigenvalue weighted by molar-refractivity contribution is 0.0345. The number of unbranched alkanes of at least 4 members (excludes halogenated alkanes) is 3. The van der Waals surface area contributed by atoms with Gasteiger partial charge in [-0.2, -0.15) is 0 Å². The lowest BCUT2D eigenvalue weighted by Crippen LogP contribution is -2.48. The Labute approximate surface area is 126 Å². The molecule has 0 spiro atoms. The van der Waals surface area contributed by atoms with Crippen LogP contribution in [0.4, 0.5) is 0 Å². The van der Waals surface area contributed by atoms with E-state index in [0.717, 1.165) is 18.9 Å². The van der Waals surface area contributed by atoms with Gasteiger partial charge in [0.25, 0.3) is 0 Å². The Bertz CT molecular complexity index is 211. The number of hydrogen-bond donors (Lipinski definition) is 1. The molecule has 0 amide bonds. The molecular formula is C15H35NO3Si. The molecule has 0 rings (SSSR count). The van der Waals surface area contributed by atoms with Gasteiger partial charge in [0.1, 0.15) is 0 Å². The van der Waals surface area contributed by atoms with Crippen molar-refractivity contribution in [1.82, 2.24) is 0 Å². The van der Waals surface area contributed by atoms with Gasteiger partial charge in [0, 0.05) is 25.4 Å². The first-order chi connectivity index (χ1) is 9.64. The highest BCUT2D eigenvalue weighted by atomic mass is 28.4. The van der Waals surface area contributed by atoms with E-state index in [1.807, 2.05) is 13.8 Å². The minimum Gasteiger partial charge on any atom is -0.374 e. The van der Waals surface area contributed by atoms with E-state index >= 15 is 0 Å². The molecule has 0 aromatic heterocycles. The number of nitrogens with two attached hydrogens (primary N) is 1. The molecule has 0 aliphatic rings. The van der Waals surface area contributed by atoms with E-state index in [2.05, 4.69) is 13.8 Å². The van der Waals surface area contributed by atoms with Crippen molar-refractivity contribution in [2.45, 2.75) is 78.4 Å².